The number of pyridine rings is 1. The van der Waals surface area contributed by atoms with Crippen molar-refractivity contribution in [3.05, 3.63) is 77.3 Å². The van der Waals surface area contributed by atoms with E-state index < -0.39 is 18.0 Å². The number of furan rings is 1. The van der Waals surface area contributed by atoms with Crippen LogP contribution in [-0.2, 0) is 0 Å². The Kier molecular flexibility index (Phi) is 5.89. The van der Waals surface area contributed by atoms with Gasteiger partial charge < -0.3 is 30.0 Å². The van der Waals surface area contributed by atoms with Crippen molar-refractivity contribution in [2.24, 2.45) is 0 Å². The molecule has 0 spiro atoms. The first-order valence-corrected chi connectivity index (χ1v) is 10.1. The summed E-state index contributed by atoms with van der Waals surface area (Å²) in [6.45, 7) is 0.150. The maximum absolute atomic E-state index is 11.4. The van der Waals surface area contributed by atoms with E-state index in [1.807, 2.05) is 12.1 Å². The van der Waals surface area contributed by atoms with E-state index in [1.54, 1.807) is 29.3 Å². The van der Waals surface area contributed by atoms with Gasteiger partial charge in [-0.15, -0.1) is 0 Å². The second-order valence-corrected chi connectivity index (χ2v) is 7.54. The summed E-state index contributed by atoms with van der Waals surface area (Å²) < 4.78 is 6.06. The van der Waals surface area contributed by atoms with Gasteiger partial charge in [0.15, 0.2) is 5.11 Å². The molecule has 10 heteroatoms. The van der Waals surface area contributed by atoms with Crippen molar-refractivity contribution in [1.82, 2.24) is 15.2 Å². The van der Waals surface area contributed by atoms with Crippen LogP contribution in [0.25, 0.3) is 11.3 Å². The Hall–Kier alpha value is -3.76. The lowest BCUT2D eigenvalue weighted by Crippen LogP contribution is -2.32. The molecule has 2 atom stereocenters. The number of benzene rings is 1. The van der Waals surface area contributed by atoms with Crippen LogP contribution in [0.15, 0.2) is 59.1 Å². The van der Waals surface area contributed by atoms with Gasteiger partial charge in [-0.25, -0.2) is 9.59 Å². The molecule has 0 unspecified atom stereocenters. The van der Waals surface area contributed by atoms with Crippen molar-refractivity contribution >= 4 is 29.3 Å². The van der Waals surface area contributed by atoms with Crippen LogP contribution in [0.5, 0.6) is 0 Å². The Morgan fingerprint density at radius 1 is 1.09 bits per heavy atom. The quantitative estimate of drug-likeness (QED) is 0.395. The topological polar surface area (TPSA) is 136 Å². The number of hydrogen-bond acceptors (Lipinski definition) is 6. The molecule has 1 aromatic carbocycles. The molecule has 3 heterocycles. The van der Waals surface area contributed by atoms with E-state index in [9.17, 15) is 24.9 Å². The summed E-state index contributed by atoms with van der Waals surface area (Å²) in [7, 11) is 0. The lowest BCUT2D eigenvalue weighted by molar-refractivity contribution is 0.0696. The third-order valence-electron chi connectivity index (χ3n) is 5.17. The van der Waals surface area contributed by atoms with E-state index >= 15 is 0 Å². The fourth-order valence-electron chi connectivity index (χ4n) is 3.75. The molecular formula is C22H19N3O6S. The first-order valence-electron chi connectivity index (χ1n) is 9.69. The third kappa shape index (κ3) is 4.05. The van der Waals surface area contributed by atoms with Gasteiger partial charge in [0.05, 0.1) is 29.5 Å². The predicted octanol–water partition coefficient (Wildman–Crippen LogP) is 2.70. The molecule has 0 aliphatic carbocycles. The number of aliphatic hydroxyl groups is 1. The number of β-amino-alcohol motifs (C(OH)–C–C–N with tert-alkyl or cyclic N) is 1. The maximum Gasteiger partial charge on any atom is 0.335 e. The molecule has 0 amide bonds. The van der Waals surface area contributed by atoms with Gasteiger partial charge in [0.25, 0.3) is 0 Å². The molecule has 1 fully saturated rings. The van der Waals surface area contributed by atoms with Crippen LogP contribution >= 0.6 is 12.2 Å². The zero-order valence-electron chi connectivity index (χ0n) is 16.6. The van der Waals surface area contributed by atoms with Crippen LogP contribution in [0.1, 0.15) is 44.3 Å². The summed E-state index contributed by atoms with van der Waals surface area (Å²) in [5.41, 5.74) is 0.745. The number of thiocarbonyl (C=S) groups is 1. The van der Waals surface area contributed by atoms with Crippen molar-refractivity contribution in [2.75, 3.05) is 13.2 Å². The summed E-state index contributed by atoms with van der Waals surface area (Å²) in [6, 6.07) is 11.9. The second kappa shape index (κ2) is 8.77. The summed E-state index contributed by atoms with van der Waals surface area (Å²) in [5.74, 6) is -1.66. The second-order valence-electron chi connectivity index (χ2n) is 7.15. The molecule has 2 aromatic heterocycles. The summed E-state index contributed by atoms with van der Waals surface area (Å²) in [4.78, 5) is 29.1. The van der Waals surface area contributed by atoms with Crippen molar-refractivity contribution in [1.29, 1.82) is 0 Å². The Bertz CT molecular complexity index is 1150. The number of carbonyl (C=O) groups is 2. The average Bonchev–Trinajstić information content (AvgIpc) is 3.39. The molecule has 4 rings (SSSR count). The van der Waals surface area contributed by atoms with Gasteiger partial charge in [-0.05, 0) is 54.7 Å². The van der Waals surface area contributed by atoms with Gasteiger partial charge in [-0.1, -0.05) is 6.07 Å². The average molecular weight is 453 g/mol. The molecule has 3 aromatic rings. The molecule has 32 heavy (non-hydrogen) atoms. The monoisotopic (exact) mass is 453 g/mol. The Morgan fingerprint density at radius 2 is 1.81 bits per heavy atom. The highest BCUT2D eigenvalue weighted by atomic mass is 32.1. The third-order valence-corrected chi connectivity index (χ3v) is 5.52. The Morgan fingerprint density at radius 3 is 2.41 bits per heavy atom. The van der Waals surface area contributed by atoms with Crippen LogP contribution in [0.4, 0.5) is 0 Å². The SMILES string of the molecule is O=C(O)c1cc(C(=O)O)cc(-c2ccc([C@@H]3[C@H](c4ccccn4)NC(=S)N3CCO)o2)c1. The highest BCUT2D eigenvalue weighted by molar-refractivity contribution is 7.80. The number of nitrogens with one attached hydrogen (secondary N) is 1. The lowest BCUT2D eigenvalue weighted by atomic mass is 10.0. The number of carboxylic acid groups (broad SMARTS) is 2. The number of aromatic nitrogens is 1. The van der Waals surface area contributed by atoms with Crippen LogP contribution in [0, 0.1) is 0 Å². The van der Waals surface area contributed by atoms with Crippen LogP contribution in [-0.4, -0.2) is 55.4 Å². The number of nitrogens with zero attached hydrogens (tertiary/aromatic N) is 2. The number of carboxylic acids is 2. The van der Waals surface area contributed by atoms with Crippen molar-refractivity contribution < 1.29 is 29.3 Å². The van der Waals surface area contributed by atoms with E-state index in [-0.39, 0.29) is 30.3 Å². The van der Waals surface area contributed by atoms with Crippen molar-refractivity contribution in [3.63, 3.8) is 0 Å². The van der Waals surface area contributed by atoms with Gasteiger partial charge >= 0.3 is 11.9 Å². The summed E-state index contributed by atoms with van der Waals surface area (Å²) in [5, 5.41) is 31.9. The number of hydrogen-bond donors (Lipinski definition) is 4. The fraction of sp³-hybridized carbons (Fsp3) is 0.182. The normalized spacial score (nSPS) is 17.9. The molecule has 164 valence electrons. The number of aliphatic hydroxyl groups excluding tert-OH is 1. The zero-order chi connectivity index (χ0) is 22.8. The number of aromatic carboxylic acids is 2. The molecule has 9 nitrogen and oxygen atoms in total. The van der Waals surface area contributed by atoms with Crippen molar-refractivity contribution in [3.8, 4) is 11.3 Å². The maximum atomic E-state index is 11.4. The minimum atomic E-state index is -1.24. The standard InChI is InChI=1S/C22H19N3O6S/c26-8-7-25-19(18(24-22(25)32)15-3-1-2-6-23-15)17-5-4-16(31-17)12-9-13(20(27)28)11-14(10-12)21(29)30/h1-6,9-11,18-19,26H,7-8H2,(H,24,32)(H,27,28)(H,29,30)/t18-,19+/m0/s1. The van der Waals surface area contributed by atoms with Gasteiger partial charge in [0.2, 0.25) is 0 Å². The van der Waals surface area contributed by atoms with E-state index in [1.165, 1.54) is 12.1 Å². The first kappa shape index (κ1) is 21.5. The summed E-state index contributed by atoms with van der Waals surface area (Å²) >= 11 is 5.46. The fourth-order valence-corrected chi connectivity index (χ4v) is 4.08. The molecule has 0 saturated carbocycles. The van der Waals surface area contributed by atoms with Gasteiger partial charge in [0.1, 0.15) is 17.6 Å². The molecule has 0 radical (unpaired) electrons. The Balaban J connectivity index is 1.76. The van der Waals surface area contributed by atoms with Crippen molar-refractivity contribution in [2.45, 2.75) is 12.1 Å². The molecule has 4 N–H and O–H groups in total. The zero-order valence-corrected chi connectivity index (χ0v) is 17.5. The van der Waals surface area contributed by atoms with E-state index in [0.29, 0.717) is 22.2 Å². The Labute approximate surface area is 187 Å². The summed E-state index contributed by atoms with van der Waals surface area (Å²) in [6.07, 6.45) is 1.67. The molecular weight excluding hydrogens is 434 g/mol. The molecule has 1 saturated heterocycles. The van der Waals surface area contributed by atoms with Crippen LogP contribution < -0.4 is 5.32 Å². The number of rotatable bonds is 7. The minimum Gasteiger partial charge on any atom is -0.478 e. The van der Waals surface area contributed by atoms with Gasteiger partial charge in [0, 0.05) is 18.3 Å². The van der Waals surface area contributed by atoms with Gasteiger partial charge in [-0.3, -0.25) is 4.98 Å². The smallest absolute Gasteiger partial charge is 0.335 e. The highest BCUT2D eigenvalue weighted by Gasteiger charge is 2.41. The minimum absolute atomic E-state index is 0.122. The van der Waals surface area contributed by atoms with E-state index in [2.05, 4.69) is 10.3 Å². The van der Waals surface area contributed by atoms with Gasteiger partial charge in [-0.2, -0.15) is 0 Å². The molecule has 1 aliphatic heterocycles. The van der Waals surface area contributed by atoms with E-state index in [4.69, 9.17) is 16.6 Å². The first-order chi connectivity index (χ1) is 15.4. The molecule has 0 bridgehead atoms. The van der Waals surface area contributed by atoms with Crippen LogP contribution in [0.2, 0.25) is 0 Å². The lowest BCUT2D eigenvalue weighted by Gasteiger charge is -2.25. The predicted molar refractivity (Wildman–Crippen MR) is 117 cm³/mol. The van der Waals surface area contributed by atoms with E-state index in [0.717, 1.165) is 11.8 Å². The molecule has 1 aliphatic rings. The highest BCUT2D eigenvalue weighted by Crippen LogP contribution is 2.40. The van der Waals surface area contributed by atoms with Crippen LogP contribution in [0.3, 0.4) is 0 Å². The largest absolute Gasteiger partial charge is 0.478 e.